The molecule has 1 saturated carbocycles. The molecule has 202 valence electrons. The van der Waals surface area contributed by atoms with Crippen molar-refractivity contribution < 1.29 is 32.2 Å². The summed E-state index contributed by atoms with van der Waals surface area (Å²) in [6, 6.07) is 10.8. The summed E-state index contributed by atoms with van der Waals surface area (Å²) >= 11 is 0. The van der Waals surface area contributed by atoms with Crippen LogP contribution in [0.1, 0.15) is 32.3 Å². The van der Waals surface area contributed by atoms with E-state index < -0.39 is 30.1 Å². The van der Waals surface area contributed by atoms with Crippen molar-refractivity contribution in [3.8, 4) is 5.88 Å². The number of halogens is 3. The van der Waals surface area contributed by atoms with Crippen LogP contribution >= 0.6 is 0 Å². The molecule has 4 heterocycles. The zero-order valence-corrected chi connectivity index (χ0v) is 21.0. The predicted molar refractivity (Wildman–Crippen MR) is 132 cm³/mol. The van der Waals surface area contributed by atoms with E-state index in [1.54, 1.807) is 24.4 Å². The monoisotopic (exact) mass is 531 g/mol. The smallest absolute Gasteiger partial charge is 0.416 e. The lowest BCUT2D eigenvalue weighted by molar-refractivity contribution is -0.236. The molecule has 3 aliphatic rings. The number of H-pyrrole nitrogens is 1. The van der Waals surface area contributed by atoms with E-state index in [2.05, 4.69) is 15.2 Å². The van der Waals surface area contributed by atoms with Crippen molar-refractivity contribution in [2.24, 2.45) is 0 Å². The number of aromatic nitrogens is 3. The van der Waals surface area contributed by atoms with Crippen LogP contribution in [0.2, 0.25) is 0 Å². The minimum atomic E-state index is -4.56. The Hall–Kier alpha value is -3.67. The number of hydrogen-bond donors (Lipinski definition) is 1. The summed E-state index contributed by atoms with van der Waals surface area (Å²) < 4.78 is 50.1. The third kappa shape index (κ3) is 4.46. The van der Waals surface area contributed by atoms with E-state index in [9.17, 15) is 22.8 Å². The molecule has 12 heteroatoms. The number of morpholine rings is 1. The average Bonchev–Trinajstić information content (AvgIpc) is 3.46. The van der Waals surface area contributed by atoms with Crippen molar-refractivity contribution in [2.45, 2.75) is 50.5 Å². The number of carbonyl (C=O) groups excluding carboxylic acids is 2. The van der Waals surface area contributed by atoms with Gasteiger partial charge in [-0.3, -0.25) is 14.7 Å². The normalized spacial score (nSPS) is 24.6. The highest BCUT2D eigenvalue weighted by Crippen LogP contribution is 2.54. The van der Waals surface area contributed by atoms with Gasteiger partial charge in [0.25, 0.3) is 0 Å². The van der Waals surface area contributed by atoms with Gasteiger partial charge in [0.1, 0.15) is 18.2 Å². The van der Waals surface area contributed by atoms with Crippen LogP contribution < -0.4 is 9.64 Å². The molecule has 0 unspecified atom stereocenters. The van der Waals surface area contributed by atoms with E-state index in [0.29, 0.717) is 29.9 Å². The van der Waals surface area contributed by atoms with E-state index >= 15 is 0 Å². The van der Waals surface area contributed by atoms with E-state index in [0.717, 1.165) is 16.0 Å². The van der Waals surface area contributed by atoms with Gasteiger partial charge in [0, 0.05) is 31.1 Å². The minimum absolute atomic E-state index is 0.0458. The summed E-state index contributed by atoms with van der Waals surface area (Å²) in [6.07, 6.45) is -4.42. The molecule has 2 amide bonds. The second-order valence-electron chi connectivity index (χ2n) is 9.33. The SMILES string of the molecule is CC.O=C(CN1C(=O)C2(CC(Oc3ccc4[nH]ncc4n3)C2)c2ccccc21)N1CCO[C@@H](C(F)(F)F)C1. The molecule has 2 aliphatic heterocycles. The highest BCUT2D eigenvalue weighted by Gasteiger charge is 2.59. The molecule has 1 atom stereocenters. The van der Waals surface area contributed by atoms with Gasteiger partial charge >= 0.3 is 6.18 Å². The fourth-order valence-corrected chi connectivity index (χ4v) is 5.31. The lowest BCUT2D eigenvalue weighted by Crippen LogP contribution is -2.56. The van der Waals surface area contributed by atoms with Gasteiger partial charge in [-0.15, -0.1) is 0 Å². The van der Waals surface area contributed by atoms with E-state index in [-0.39, 0.29) is 31.7 Å². The van der Waals surface area contributed by atoms with Gasteiger partial charge in [0.2, 0.25) is 17.7 Å². The van der Waals surface area contributed by atoms with Crippen LogP contribution in [0.5, 0.6) is 5.88 Å². The highest BCUT2D eigenvalue weighted by atomic mass is 19.4. The first-order chi connectivity index (χ1) is 18.2. The van der Waals surface area contributed by atoms with Gasteiger partial charge in [-0.1, -0.05) is 32.0 Å². The van der Waals surface area contributed by atoms with E-state index in [1.165, 1.54) is 4.90 Å². The zero-order valence-electron chi connectivity index (χ0n) is 21.0. The molecule has 0 bridgehead atoms. The van der Waals surface area contributed by atoms with Gasteiger partial charge < -0.3 is 19.3 Å². The van der Waals surface area contributed by atoms with Crippen molar-refractivity contribution in [2.75, 3.05) is 31.1 Å². The summed E-state index contributed by atoms with van der Waals surface area (Å²) in [5, 5.41) is 6.77. The van der Waals surface area contributed by atoms with Gasteiger partial charge in [-0.05, 0) is 17.7 Å². The van der Waals surface area contributed by atoms with Crippen molar-refractivity contribution in [1.29, 1.82) is 0 Å². The second kappa shape index (κ2) is 9.90. The van der Waals surface area contributed by atoms with Gasteiger partial charge in [-0.25, -0.2) is 4.98 Å². The summed E-state index contributed by atoms with van der Waals surface area (Å²) in [5.74, 6) is -0.352. The van der Waals surface area contributed by atoms with Gasteiger partial charge in [-0.2, -0.15) is 18.3 Å². The lowest BCUT2D eigenvalue weighted by atomic mass is 9.63. The van der Waals surface area contributed by atoms with Crippen LogP contribution in [-0.2, 0) is 19.7 Å². The maximum Gasteiger partial charge on any atom is 0.416 e. The minimum Gasteiger partial charge on any atom is -0.474 e. The molecule has 1 N–H and O–H groups in total. The Kier molecular flexibility index (Phi) is 6.76. The molecule has 2 aromatic heterocycles. The molecule has 2 fully saturated rings. The molecule has 1 saturated heterocycles. The molecule has 1 aliphatic carbocycles. The quantitative estimate of drug-likeness (QED) is 0.552. The third-order valence-electron chi connectivity index (χ3n) is 7.15. The number of ether oxygens (including phenoxy) is 2. The molecule has 3 aromatic rings. The Morgan fingerprint density at radius 1 is 1.21 bits per heavy atom. The van der Waals surface area contributed by atoms with E-state index in [4.69, 9.17) is 9.47 Å². The summed E-state index contributed by atoms with van der Waals surface area (Å²) in [7, 11) is 0. The fourth-order valence-electron chi connectivity index (χ4n) is 5.31. The van der Waals surface area contributed by atoms with Crippen LogP contribution in [0, 0.1) is 0 Å². The molecular formula is C26H28F3N5O4. The fraction of sp³-hybridized carbons (Fsp3) is 0.462. The molecule has 1 spiro atoms. The van der Waals surface area contributed by atoms with Crippen molar-refractivity contribution in [1.82, 2.24) is 20.1 Å². The molecule has 0 radical (unpaired) electrons. The van der Waals surface area contributed by atoms with Crippen molar-refractivity contribution in [3.05, 3.63) is 48.2 Å². The first-order valence-corrected chi connectivity index (χ1v) is 12.6. The number of nitrogens with one attached hydrogen (secondary N) is 1. The van der Waals surface area contributed by atoms with E-state index in [1.807, 2.05) is 32.0 Å². The summed E-state index contributed by atoms with van der Waals surface area (Å²) in [4.78, 5) is 33.5. The number of pyridine rings is 1. The molecule has 6 rings (SSSR count). The molecular weight excluding hydrogens is 503 g/mol. The Bertz CT molecular complexity index is 1340. The summed E-state index contributed by atoms with van der Waals surface area (Å²) in [6.45, 7) is 2.93. The summed E-state index contributed by atoms with van der Waals surface area (Å²) in [5.41, 5.74) is 2.03. The first kappa shape index (κ1) is 26.0. The zero-order chi connectivity index (χ0) is 27.1. The second-order valence-corrected chi connectivity index (χ2v) is 9.33. The van der Waals surface area contributed by atoms with Gasteiger partial charge in [0.05, 0.1) is 30.3 Å². The Labute approximate surface area is 216 Å². The molecule has 38 heavy (non-hydrogen) atoms. The Morgan fingerprint density at radius 3 is 2.74 bits per heavy atom. The number of rotatable bonds is 4. The number of carbonyl (C=O) groups is 2. The van der Waals surface area contributed by atoms with Crippen LogP contribution in [0.15, 0.2) is 42.6 Å². The Balaban J connectivity index is 0.00000144. The number of hydrogen-bond acceptors (Lipinski definition) is 6. The maximum atomic E-state index is 13.6. The maximum absolute atomic E-state index is 13.6. The highest BCUT2D eigenvalue weighted by molar-refractivity contribution is 6.11. The number of anilines is 1. The number of aromatic amines is 1. The topological polar surface area (TPSA) is 101 Å². The average molecular weight is 532 g/mol. The Morgan fingerprint density at radius 2 is 1.97 bits per heavy atom. The van der Waals surface area contributed by atoms with Crippen molar-refractivity contribution in [3.63, 3.8) is 0 Å². The lowest BCUT2D eigenvalue weighted by Gasteiger charge is -2.43. The van der Waals surface area contributed by atoms with Crippen LogP contribution in [0.25, 0.3) is 11.0 Å². The van der Waals surface area contributed by atoms with Gasteiger partial charge in [0.15, 0.2) is 6.10 Å². The molecule has 9 nitrogen and oxygen atoms in total. The van der Waals surface area contributed by atoms with Crippen LogP contribution in [0.3, 0.4) is 0 Å². The number of fused-ring (bicyclic) bond motifs is 3. The predicted octanol–water partition coefficient (Wildman–Crippen LogP) is 3.60. The number of para-hydroxylation sites is 1. The van der Waals surface area contributed by atoms with Crippen LogP contribution in [-0.4, -0.2) is 76.5 Å². The number of alkyl halides is 3. The molecule has 1 aromatic carbocycles. The van der Waals surface area contributed by atoms with Crippen molar-refractivity contribution >= 4 is 28.5 Å². The first-order valence-electron chi connectivity index (χ1n) is 12.6. The standard InChI is InChI=1S/C24H22F3N5O4.C2H6/c25-24(26,27)19-12-31(7-8-35-19)21(33)13-32-18-4-2-1-3-15(18)23(22(32)34)9-14(10-23)36-20-6-5-16-17(29-20)11-28-30-16;1-2/h1-6,11,14,19H,7-10,12-13H2,(H,28,30);1-2H3/t14?,19-,23?;/m1./s1. The number of amides is 2. The number of nitrogens with zero attached hydrogens (tertiary/aromatic N) is 4. The third-order valence-corrected chi connectivity index (χ3v) is 7.15. The largest absolute Gasteiger partial charge is 0.474 e. The van der Waals surface area contributed by atoms with Crippen LogP contribution in [0.4, 0.5) is 18.9 Å². The number of benzene rings is 1.